The van der Waals surface area contributed by atoms with Crippen LogP contribution in [0.25, 0.3) is 0 Å². The topological polar surface area (TPSA) is 53.0 Å². The van der Waals surface area contributed by atoms with Crippen molar-refractivity contribution in [2.24, 2.45) is 5.73 Å². The third kappa shape index (κ3) is 2.69. The molecule has 2 N–H and O–H groups in total. The van der Waals surface area contributed by atoms with Crippen LogP contribution >= 0.6 is 11.3 Å². The van der Waals surface area contributed by atoms with Crippen LogP contribution < -0.4 is 10.6 Å². The molecule has 3 nitrogen and oxygen atoms in total. The minimum atomic E-state index is -0.0240. The van der Waals surface area contributed by atoms with Crippen molar-refractivity contribution in [3.8, 4) is 6.07 Å². The molecular weight excluding hydrogens is 266 g/mol. The van der Waals surface area contributed by atoms with Gasteiger partial charge < -0.3 is 10.6 Å². The molecule has 0 radical (unpaired) electrons. The zero-order valence-electron chi connectivity index (χ0n) is 12.0. The Kier molecular flexibility index (Phi) is 4.43. The number of thiophene rings is 1. The molecule has 0 aliphatic heterocycles. The number of aryl methyl sites for hydroxylation is 1. The molecule has 0 fully saturated rings. The van der Waals surface area contributed by atoms with E-state index in [0.717, 1.165) is 5.69 Å². The second kappa shape index (κ2) is 6.08. The van der Waals surface area contributed by atoms with Crippen LogP contribution in [0.5, 0.6) is 0 Å². The van der Waals surface area contributed by atoms with Crippen LogP contribution in [0.2, 0.25) is 0 Å². The Morgan fingerprint density at radius 1 is 1.30 bits per heavy atom. The van der Waals surface area contributed by atoms with Crippen molar-refractivity contribution >= 4 is 17.0 Å². The molecule has 2 rings (SSSR count). The number of rotatable bonds is 4. The molecule has 4 heteroatoms. The van der Waals surface area contributed by atoms with Crippen molar-refractivity contribution in [1.82, 2.24) is 0 Å². The molecule has 20 heavy (non-hydrogen) atoms. The van der Waals surface area contributed by atoms with Gasteiger partial charge >= 0.3 is 0 Å². The minimum Gasteiger partial charge on any atom is -0.364 e. The van der Waals surface area contributed by atoms with Crippen molar-refractivity contribution < 1.29 is 0 Å². The number of benzene rings is 1. The maximum Gasteiger partial charge on any atom is 0.101 e. The zero-order chi connectivity index (χ0) is 14.7. The second-order valence-corrected chi connectivity index (χ2v) is 5.96. The summed E-state index contributed by atoms with van der Waals surface area (Å²) in [5, 5.41) is 11.4. The molecule has 1 aromatic carbocycles. The van der Waals surface area contributed by atoms with Gasteiger partial charge in [0.05, 0.1) is 17.3 Å². The lowest BCUT2D eigenvalue weighted by molar-refractivity contribution is 0.564. The van der Waals surface area contributed by atoms with Crippen LogP contribution in [0.15, 0.2) is 35.7 Å². The van der Waals surface area contributed by atoms with E-state index in [9.17, 15) is 5.26 Å². The molecule has 2 aromatic rings. The highest BCUT2D eigenvalue weighted by atomic mass is 32.1. The average Bonchev–Trinajstić information content (AvgIpc) is 2.84. The highest BCUT2D eigenvalue weighted by Gasteiger charge is 2.25. The normalized spacial score (nSPS) is 13.6. The number of nitrogens with zero attached hydrogens (tertiary/aromatic N) is 2. The first kappa shape index (κ1) is 14.6. The lowest BCUT2D eigenvalue weighted by atomic mass is 10.0. The van der Waals surface area contributed by atoms with Crippen LogP contribution in [-0.2, 0) is 0 Å². The molecule has 0 aliphatic carbocycles. The van der Waals surface area contributed by atoms with Gasteiger partial charge in [-0.05, 0) is 43.0 Å². The van der Waals surface area contributed by atoms with Crippen LogP contribution in [0.3, 0.4) is 0 Å². The first-order valence-corrected chi connectivity index (χ1v) is 7.45. The molecule has 104 valence electrons. The van der Waals surface area contributed by atoms with Gasteiger partial charge in [0, 0.05) is 18.0 Å². The zero-order valence-corrected chi connectivity index (χ0v) is 12.8. The Morgan fingerprint density at radius 3 is 2.55 bits per heavy atom. The van der Waals surface area contributed by atoms with Gasteiger partial charge in [-0.25, -0.2) is 0 Å². The summed E-state index contributed by atoms with van der Waals surface area (Å²) in [5.74, 6) is 0. The van der Waals surface area contributed by atoms with E-state index in [1.165, 1.54) is 10.4 Å². The first-order valence-electron chi connectivity index (χ1n) is 6.57. The van der Waals surface area contributed by atoms with Crippen LogP contribution in [0.1, 0.15) is 29.0 Å². The van der Waals surface area contributed by atoms with E-state index in [-0.39, 0.29) is 12.1 Å². The fraction of sp³-hybridized carbons (Fsp3) is 0.312. The molecule has 2 atom stereocenters. The Morgan fingerprint density at radius 2 is 2.00 bits per heavy atom. The Balaban J connectivity index is 2.46. The molecule has 0 amide bonds. The monoisotopic (exact) mass is 285 g/mol. The molecule has 0 saturated carbocycles. The Labute approximate surface area is 124 Å². The van der Waals surface area contributed by atoms with Crippen molar-refractivity contribution in [3.05, 3.63) is 51.7 Å². The number of anilines is 1. The third-order valence-electron chi connectivity index (χ3n) is 3.49. The van der Waals surface area contributed by atoms with Gasteiger partial charge in [-0.3, -0.25) is 0 Å². The van der Waals surface area contributed by atoms with Gasteiger partial charge in [0.1, 0.15) is 6.07 Å². The van der Waals surface area contributed by atoms with E-state index in [1.807, 2.05) is 38.2 Å². The number of para-hydroxylation sites is 1. The van der Waals surface area contributed by atoms with Gasteiger partial charge in [0.15, 0.2) is 0 Å². The number of hydrogen-bond donors (Lipinski definition) is 1. The average molecular weight is 285 g/mol. The molecule has 0 bridgehead atoms. The van der Waals surface area contributed by atoms with E-state index in [0.29, 0.717) is 5.56 Å². The molecule has 0 aliphatic rings. The summed E-state index contributed by atoms with van der Waals surface area (Å²) < 4.78 is 0. The molecule has 0 spiro atoms. The quantitative estimate of drug-likeness (QED) is 0.936. The van der Waals surface area contributed by atoms with Crippen molar-refractivity contribution in [2.45, 2.75) is 25.9 Å². The number of nitriles is 1. The summed E-state index contributed by atoms with van der Waals surface area (Å²) in [5.41, 5.74) is 9.05. The largest absolute Gasteiger partial charge is 0.364 e. The summed E-state index contributed by atoms with van der Waals surface area (Å²) in [6.07, 6.45) is 0. The highest BCUT2D eigenvalue weighted by Crippen LogP contribution is 2.34. The fourth-order valence-electron chi connectivity index (χ4n) is 2.48. The van der Waals surface area contributed by atoms with Crippen molar-refractivity contribution in [1.29, 1.82) is 5.26 Å². The highest BCUT2D eigenvalue weighted by molar-refractivity contribution is 7.10. The SMILES string of the molecule is Cc1ccsc1C(C(C)N)N(C)c1ccccc1C#N. The molecule has 2 unspecified atom stereocenters. The predicted molar refractivity (Wildman–Crippen MR) is 85.0 cm³/mol. The Bertz CT molecular complexity index is 625. The summed E-state index contributed by atoms with van der Waals surface area (Å²) in [7, 11) is 2.00. The predicted octanol–water partition coefficient (Wildman–Crippen LogP) is 3.45. The summed E-state index contributed by atoms with van der Waals surface area (Å²) >= 11 is 1.72. The maximum atomic E-state index is 9.27. The van der Waals surface area contributed by atoms with E-state index in [1.54, 1.807) is 11.3 Å². The number of nitrogens with two attached hydrogens (primary N) is 1. The maximum absolute atomic E-state index is 9.27. The van der Waals surface area contributed by atoms with Gasteiger partial charge in [0.25, 0.3) is 0 Å². The fourth-order valence-corrected chi connectivity index (χ4v) is 3.67. The van der Waals surface area contributed by atoms with E-state index < -0.39 is 0 Å². The smallest absolute Gasteiger partial charge is 0.101 e. The van der Waals surface area contributed by atoms with Crippen LogP contribution in [-0.4, -0.2) is 13.1 Å². The van der Waals surface area contributed by atoms with E-state index in [2.05, 4.69) is 29.3 Å². The van der Waals surface area contributed by atoms with Gasteiger partial charge in [-0.2, -0.15) is 5.26 Å². The van der Waals surface area contributed by atoms with E-state index >= 15 is 0 Å². The third-order valence-corrected chi connectivity index (χ3v) is 4.58. The van der Waals surface area contributed by atoms with E-state index in [4.69, 9.17) is 5.73 Å². The second-order valence-electron chi connectivity index (χ2n) is 5.01. The van der Waals surface area contributed by atoms with Crippen molar-refractivity contribution in [3.63, 3.8) is 0 Å². The number of hydrogen-bond acceptors (Lipinski definition) is 4. The lowest BCUT2D eigenvalue weighted by Crippen LogP contribution is -2.37. The number of likely N-dealkylation sites (N-methyl/N-ethyl adjacent to an activating group) is 1. The minimum absolute atomic E-state index is 0.0240. The van der Waals surface area contributed by atoms with Gasteiger partial charge in [-0.15, -0.1) is 11.3 Å². The van der Waals surface area contributed by atoms with Gasteiger partial charge in [0.2, 0.25) is 0 Å². The molecule has 0 saturated heterocycles. The van der Waals surface area contributed by atoms with Gasteiger partial charge in [-0.1, -0.05) is 12.1 Å². The molecule has 1 heterocycles. The first-order chi connectivity index (χ1) is 9.56. The van der Waals surface area contributed by atoms with Crippen LogP contribution in [0.4, 0.5) is 5.69 Å². The van der Waals surface area contributed by atoms with Crippen LogP contribution in [0, 0.1) is 18.3 Å². The molecular formula is C16H19N3S. The lowest BCUT2D eigenvalue weighted by Gasteiger charge is -2.33. The standard InChI is InChI=1S/C16H19N3S/c1-11-8-9-20-16(11)15(12(2)18)19(3)14-7-5-4-6-13(14)10-17/h4-9,12,15H,18H2,1-3H3. The molecule has 1 aromatic heterocycles. The Hall–Kier alpha value is -1.83. The summed E-state index contributed by atoms with van der Waals surface area (Å²) in [4.78, 5) is 3.37. The summed E-state index contributed by atoms with van der Waals surface area (Å²) in [6, 6.07) is 12.1. The van der Waals surface area contributed by atoms with Crippen molar-refractivity contribution in [2.75, 3.05) is 11.9 Å². The summed E-state index contributed by atoms with van der Waals surface area (Å²) in [6.45, 7) is 4.11.